The Labute approximate surface area is 102 Å². The predicted molar refractivity (Wildman–Crippen MR) is 68.9 cm³/mol. The van der Waals surface area contributed by atoms with Gasteiger partial charge in [-0.25, -0.2) is 0 Å². The Bertz CT molecular complexity index is 280. The minimum Gasteiger partial charge on any atom is -0.378 e. The lowest BCUT2D eigenvalue weighted by Gasteiger charge is -2.13. The fourth-order valence-corrected chi connectivity index (χ4v) is 2.91. The van der Waals surface area contributed by atoms with Gasteiger partial charge in [-0.3, -0.25) is 0 Å². The van der Waals surface area contributed by atoms with Gasteiger partial charge in [0.15, 0.2) is 0 Å². The van der Waals surface area contributed by atoms with E-state index in [-0.39, 0.29) is 0 Å². The van der Waals surface area contributed by atoms with Gasteiger partial charge in [-0.05, 0) is 61.5 Å². The normalized spacial score (nSPS) is 22.4. The molecule has 90 valence electrons. The quantitative estimate of drug-likeness (QED) is 0.769. The molecule has 1 N–H and O–H groups in total. The average Bonchev–Trinajstić information content (AvgIpc) is 2.96. The lowest BCUT2D eigenvalue weighted by Crippen LogP contribution is -2.20. The molecule has 1 aromatic rings. The van der Waals surface area contributed by atoms with Crippen molar-refractivity contribution in [2.45, 2.75) is 44.8 Å². The van der Waals surface area contributed by atoms with E-state index in [2.05, 4.69) is 29.1 Å². The largest absolute Gasteiger partial charge is 0.378 e. The van der Waals surface area contributed by atoms with Crippen molar-refractivity contribution in [2.24, 2.45) is 0 Å². The van der Waals surface area contributed by atoms with Gasteiger partial charge < -0.3 is 10.1 Å². The van der Waals surface area contributed by atoms with Crippen molar-refractivity contribution >= 4 is 11.3 Å². The first-order chi connectivity index (χ1) is 7.86. The molecule has 2 heterocycles. The Morgan fingerprint density at radius 2 is 2.56 bits per heavy atom. The van der Waals surface area contributed by atoms with Crippen LogP contribution in [0.1, 0.15) is 44.2 Å². The molecule has 1 aromatic heterocycles. The number of hydrogen-bond donors (Lipinski definition) is 1. The average molecular weight is 239 g/mol. The highest BCUT2D eigenvalue weighted by molar-refractivity contribution is 7.07. The van der Waals surface area contributed by atoms with Gasteiger partial charge in [0.1, 0.15) is 0 Å². The van der Waals surface area contributed by atoms with E-state index in [1.807, 2.05) is 0 Å². The van der Waals surface area contributed by atoms with Gasteiger partial charge in [-0.1, -0.05) is 0 Å². The van der Waals surface area contributed by atoms with E-state index in [9.17, 15) is 0 Å². The highest BCUT2D eigenvalue weighted by atomic mass is 32.1. The van der Waals surface area contributed by atoms with Crippen molar-refractivity contribution in [2.75, 3.05) is 13.2 Å². The summed E-state index contributed by atoms with van der Waals surface area (Å²) in [5.41, 5.74) is 1.40. The summed E-state index contributed by atoms with van der Waals surface area (Å²) in [6, 6.07) is 2.68. The standard InChI is InChI=1S/C13H21NOS/c1-11(12-6-9-16-10-12)14-7-2-4-13-5-3-8-15-13/h6,9-11,13-14H,2-5,7-8H2,1H3. The number of ether oxygens (including phenoxy) is 1. The van der Waals surface area contributed by atoms with Gasteiger partial charge in [0, 0.05) is 12.6 Å². The summed E-state index contributed by atoms with van der Waals surface area (Å²) in [6.07, 6.45) is 5.49. The van der Waals surface area contributed by atoms with Gasteiger partial charge in [0.05, 0.1) is 6.10 Å². The summed E-state index contributed by atoms with van der Waals surface area (Å²) in [5, 5.41) is 7.92. The van der Waals surface area contributed by atoms with Gasteiger partial charge >= 0.3 is 0 Å². The van der Waals surface area contributed by atoms with E-state index in [1.54, 1.807) is 11.3 Å². The summed E-state index contributed by atoms with van der Waals surface area (Å²) >= 11 is 1.77. The molecule has 2 atom stereocenters. The molecular weight excluding hydrogens is 218 g/mol. The maximum atomic E-state index is 5.61. The van der Waals surface area contributed by atoms with Crippen LogP contribution in [0.25, 0.3) is 0 Å². The summed E-state index contributed by atoms with van der Waals surface area (Å²) in [5.74, 6) is 0. The third kappa shape index (κ3) is 3.58. The first-order valence-electron chi connectivity index (χ1n) is 6.23. The first-order valence-corrected chi connectivity index (χ1v) is 7.17. The van der Waals surface area contributed by atoms with Gasteiger partial charge in [0.2, 0.25) is 0 Å². The molecular formula is C13H21NOS. The van der Waals surface area contributed by atoms with E-state index in [4.69, 9.17) is 4.74 Å². The molecule has 0 spiro atoms. The SMILES string of the molecule is CC(NCCCC1CCCO1)c1ccsc1. The maximum absolute atomic E-state index is 5.61. The number of thiophene rings is 1. The second-order valence-corrected chi connectivity index (χ2v) is 5.29. The molecule has 1 saturated heterocycles. The van der Waals surface area contributed by atoms with E-state index >= 15 is 0 Å². The number of nitrogens with one attached hydrogen (secondary N) is 1. The van der Waals surface area contributed by atoms with Crippen molar-refractivity contribution < 1.29 is 4.74 Å². The minimum atomic E-state index is 0.482. The van der Waals surface area contributed by atoms with Crippen molar-refractivity contribution in [3.8, 4) is 0 Å². The van der Waals surface area contributed by atoms with E-state index in [1.165, 1.54) is 31.2 Å². The monoisotopic (exact) mass is 239 g/mol. The third-order valence-electron chi connectivity index (χ3n) is 3.22. The molecule has 16 heavy (non-hydrogen) atoms. The molecule has 1 fully saturated rings. The summed E-state index contributed by atoms with van der Waals surface area (Å²) in [7, 11) is 0. The molecule has 0 aliphatic carbocycles. The van der Waals surface area contributed by atoms with Crippen molar-refractivity contribution in [3.63, 3.8) is 0 Å². The van der Waals surface area contributed by atoms with Crippen LogP contribution in [0.4, 0.5) is 0 Å². The number of rotatable bonds is 6. The Morgan fingerprint density at radius 3 is 3.25 bits per heavy atom. The maximum Gasteiger partial charge on any atom is 0.0576 e. The van der Waals surface area contributed by atoms with Gasteiger partial charge in [0.25, 0.3) is 0 Å². The highest BCUT2D eigenvalue weighted by Gasteiger charge is 2.14. The molecule has 3 heteroatoms. The summed E-state index contributed by atoms with van der Waals surface area (Å²) in [6.45, 7) is 4.30. The summed E-state index contributed by atoms with van der Waals surface area (Å²) in [4.78, 5) is 0. The van der Waals surface area contributed by atoms with Crippen molar-refractivity contribution in [1.82, 2.24) is 5.32 Å². The Hall–Kier alpha value is -0.380. The molecule has 0 amide bonds. The molecule has 2 nitrogen and oxygen atoms in total. The van der Waals surface area contributed by atoms with Crippen LogP contribution in [0, 0.1) is 0 Å². The van der Waals surface area contributed by atoms with Crippen molar-refractivity contribution in [1.29, 1.82) is 0 Å². The van der Waals surface area contributed by atoms with E-state index < -0.39 is 0 Å². The minimum absolute atomic E-state index is 0.482. The van der Waals surface area contributed by atoms with Crippen LogP contribution in [0.5, 0.6) is 0 Å². The summed E-state index contributed by atoms with van der Waals surface area (Å²) < 4.78 is 5.61. The van der Waals surface area contributed by atoms with Gasteiger partial charge in [-0.2, -0.15) is 11.3 Å². The molecule has 0 bridgehead atoms. The molecule has 2 rings (SSSR count). The van der Waals surface area contributed by atoms with E-state index in [0.29, 0.717) is 12.1 Å². The lowest BCUT2D eigenvalue weighted by molar-refractivity contribution is 0.102. The van der Waals surface area contributed by atoms with Crippen LogP contribution in [-0.4, -0.2) is 19.3 Å². The molecule has 0 aromatic carbocycles. The third-order valence-corrected chi connectivity index (χ3v) is 3.92. The topological polar surface area (TPSA) is 21.3 Å². The zero-order valence-electron chi connectivity index (χ0n) is 9.95. The van der Waals surface area contributed by atoms with Crippen LogP contribution in [-0.2, 0) is 4.74 Å². The molecule has 1 aliphatic rings. The molecule has 1 aliphatic heterocycles. The Morgan fingerprint density at radius 1 is 1.62 bits per heavy atom. The number of hydrogen-bond acceptors (Lipinski definition) is 3. The zero-order valence-corrected chi connectivity index (χ0v) is 10.8. The fraction of sp³-hybridized carbons (Fsp3) is 0.692. The predicted octanol–water partition coefficient (Wildman–Crippen LogP) is 3.36. The fourth-order valence-electron chi connectivity index (χ4n) is 2.16. The van der Waals surface area contributed by atoms with Crippen molar-refractivity contribution in [3.05, 3.63) is 22.4 Å². The van der Waals surface area contributed by atoms with E-state index in [0.717, 1.165) is 13.2 Å². The Balaban J connectivity index is 1.57. The van der Waals surface area contributed by atoms with Crippen LogP contribution < -0.4 is 5.32 Å². The molecule has 2 unspecified atom stereocenters. The lowest BCUT2D eigenvalue weighted by atomic mass is 10.1. The van der Waals surface area contributed by atoms with Crippen LogP contribution >= 0.6 is 11.3 Å². The van der Waals surface area contributed by atoms with Crippen LogP contribution in [0.3, 0.4) is 0 Å². The second-order valence-electron chi connectivity index (χ2n) is 4.51. The smallest absolute Gasteiger partial charge is 0.0576 e. The molecule has 0 saturated carbocycles. The van der Waals surface area contributed by atoms with Gasteiger partial charge in [-0.15, -0.1) is 0 Å². The molecule has 0 radical (unpaired) electrons. The highest BCUT2D eigenvalue weighted by Crippen LogP contribution is 2.18. The Kier molecular flexibility index (Phi) is 4.82. The zero-order chi connectivity index (χ0) is 11.2. The first kappa shape index (κ1) is 12.1. The van der Waals surface area contributed by atoms with Crippen LogP contribution in [0.15, 0.2) is 16.8 Å². The second kappa shape index (κ2) is 6.38. The van der Waals surface area contributed by atoms with Crippen LogP contribution in [0.2, 0.25) is 0 Å².